The summed E-state index contributed by atoms with van der Waals surface area (Å²) in [5.74, 6) is 0.391. The van der Waals surface area contributed by atoms with Gasteiger partial charge in [0.25, 0.3) is 0 Å². The number of hydrogen-bond acceptors (Lipinski definition) is 6. The Hall–Kier alpha value is -3.65. The number of carbonyl (C=O) groups is 1. The molecule has 186 valence electrons. The number of methoxy groups -OCH3 is 1. The van der Waals surface area contributed by atoms with Crippen LogP contribution in [-0.4, -0.2) is 33.0 Å². The lowest BCUT2D eigenvalue weighted by molar-refractivity contribution is 0.0698. The second-order valence-electron chi connectivity index (χ2n) is 8.87. The zero-order valence-corrected chi connectivity index (χ0v) is 21.6. The van der Waals surface area contributed by atoms with Crippen molar-refractivity contribution in [3.63, 3.8) is 0 Å². The van der Waals surface area contributed by atoms with Gasteiger partial charge in [0.2, 0.25) is 0 Å². The van der Waals surface area contributed by atoms with Crippen molar-refractivity contribution >= 4 is 28.8 Å². The molecule has 1 aliphatic carbocycles. The van der Waals surface area contributed by atoms with Crippen LogP contribution in [0.4, 0.5) is 11.5 Å². The number of aromatic nitrogens is 3. The minimum atomic E-state index is -0.974. The molecule has 5 rings (SSSR count). The van der Waals surface area contributed by atoms with Crippen LogP contribution in [0.2, 0.25) is 0 Å². The predicted molar refractivity (Wildman–Crippen MR) is 143 cm³/mol. The van der Waals surface area contributed by atoms with Gasteiger partial charge < -0.3 is 15.2 Å². The normalized spacial score (nSPS) is 12.9. The van der Waals surface area contributed by atoms with Gasteiger partial charge in [-0.3, -0.25) is 0 Å². The topological polar surface area (TPSA) is 89.3 Å². The van der Waals surface area contributed by atoms with Gasteiger partial charge in [0.05, 0.1) is 35.3 Å². The molecular weight excluding hydrogens is 472 g/mol. The summed E-state index contributed by atoms with van der Waals surface area (Å²) in [4.78, 5) is 18.6. The van der Waals surface area contributed by atoms with E-state index in [4.69, 9.17) is 14.8 Å². The number of hydrogen-bond donors (Lipinski definition) is 2. The van der Waals surface area contributed by atoms with E-state index in [1.807, 2.05) is 48.0 Å². The first-order chi connectivity index (χ1) is 17.5. The average Bonchev–Trinajstić information content (AvgIpc) is 3.49. The Morgan fingerprint density at radius 2 is 1.94 bits per heavy atom. The van der Waals surface area contributed by atoms with Crippen molar-refractivity contribution in [2.45, 2.75) is 52.4 Å². The molecule has 8 heteroatoms. The third-order valence-corrected chi connectivity index (χ3v) is 7.82. The number of carboxylic acids is 1. The van der Waals surface area contributed by atoms with Gasteiger partial charge in [0.1, 0.15) is 22.3 Å². The van der Waals surface area contributed by atoms with Gasteiger partial charge in [-0.2, -0.15) is 5.10 Å². The highest BCUT2D eigenvalue weighted by atomic mass is 32.1. The average molecular weight is 503 g/mol. The van der Waals surface area contributed by atoms with E-state index >= 15 is 0 Å². The highest BCUT2D eigenvalue weighted by Gasteiger charge is 2.27. The first-order valence-electron chi connectivity index (χ1n) is 12.4. The molecular formula is C28H30N4O3S. The molecule has 0 radical (unpaired) electrons. The molecule has 4 aromatic rings. The third-order valence-electron chi connectivity index (χ3n) is 6.64. The Labute approximate surface area is 214 Å². The molecule has 0 atom stereocenters. The summed E-state index contributed by atoms with van der Waals surface area (Å²) < 4.78 is 7.48. The second kappa shape index (κ2) is 10.1. The molecule has 0 amide bonds. The van der Waals surface area contributed by atoms with E-state index in [0.717, 1.165) is 53.2 Å². The summed E-state index contributed by atoms with van der Waals surface area (Å²) in [6.45, 7) is 4.09. The van der Waals surface area contributed by atoms with Crippen LogP contribution < -0.4 is 10.1 Å². The summed E-state index contributed by atoms with van der Waals surface area (Å²) >= 11 is 1.73. The Kier molecular flexibility index (Phi) is 6.78. The number of nitrogens with zero attached hydrogens (tertiary/aromatic N) is 3. The molecule has 0 spiro atoms. The molecule has 1 aliphatic rings. The van der Waals surface area contributed by atoms with E-state index in [9.17, 15) is 9.90 Å². The maximum atomic E-state index is 12.2. The van der Waals surface area contributed by atoms with E-state index in [1.165, 1.54) is 17.0 Å². The molecule has 2 heterocycles. The number of para-hydroxylation sites is 2. The lowest BCUT2D eigenvalue weighted by Crippen LogP contribution is -2.08. The second-order valence-corrected chi connectivity index (χ2v) is 9.95. The standard InChI is InChI=1S/C28H30N4O3S/c1-4-17-14-15-20(18(16-17)28(33)34)29-26-25(27-30-21-10-6-9-13-24(21)36-27)19(5-2)31-32(26)22-11-7-8-12-23(22)35-3/h7-8,11-12,14-16,29H,4-6,9-10,13H2,1-3H3,(H,33,34). The minimum absolute atomic E-state index is 0.226. The molecule has 0 saturated heterocycles. The molecule has 2 aromatic heterocycles. The fourth-order valence-corrected chi connectivity index (χ4v) is 5.93. The van der Waals surface area contributed by atoms with Gasteiger partial charge in [-0.1, -0.05) is 32.0 Å². The van der Waals surface area contributed by atoms with Crippen LogP contribution in [0, 0.1) is 0 Å². The molecule has 0 bridgehead atoms. The Bertz CT molecular complexity index is 1400. The fourth-order valence-electron chi connectivity index (χ4n) is 4.71. The molecule has 0 fully saturated rings. The van der Waals surface area contributed by atoms with Crippen LogP contribution in [0.5, 0.6) is 5.75 Å². The van der Waals surface area contributed by atoms with E-state index in [0.29, 0.717) is 23.7 Å². The summed E-state index contributed by atoms with van der Waals surface area (Å²) in [6.07, 6.45) is 5.87. The maximum absolute atomic E-state index is 12.2. The quantitative estimate of drug-likeness (QED) is 0.288. The van der Waals surface area contributed by atoms with Crippen molar-refractivity contribution in [2.75, 3.05) is 12.4 Å². The fraction of sp³-hybridized carbons (Fsp3) is 0.321. The molecule has 36 heavy (non-hydrogen) atoms. The number of fused-ring (bicyclic) bond motifs is 1. The first kappa shape index (κ1) is 24.1. The third kappa shape index (κ3) is 4.37. The van der Waals surface area contributed by atoms with Gasteiger partial charge in [0, 0.05) is 4.88 Å². The summed E-state index contributed by atoms with van der Waals surface area (Å²) in [5.41, 5.74) is 5.48. The van der Waals surface area contributed by atoms with Crippen LogP contribution in [-0.2, 0) is 25.7 Å². The van der Waals surface area contributed by atoms with Crippen LogP contribution >= 0.6 is 11.3 Å². The molecule has 0 saturated carbocycles. The van der Waals surface area contributed by atoms with E-state index in [2.05, 4.69) is 12.2 Å². The number of benzene rings is 2. The summed E-state index contributed by atoms with van der Waals surface area (Å²) in [6, 6.07) is 13.2. The van der Waals surface area contributed by atoms with Gasteiger partial charge in [-0.25, -0.2) is 14.5 Å². The van der Waals surface area contributed by atoms with Gasteiger partial charge in [-0.15, -0.1) is 11.3 Å². The van der Waals surface area contributed by atoms with E-state index < -0.39 is 5.97 Å². The van der Waals surface area contributed by atoms with Crippen molar-refractivity contribution < 1.29 is 14.6 Å². The Morgan fingerprint density at radius 1 is 1.14 bits per heavy atom. The zero-order chi connectivity index (χ0) is 25.2. The van der Waals surface area contributed by atoms with Crippen molar-refractivity contribution in [3.8, 4) is 22.0 Å². The van der Waals surface area contributed by atoms with Crippen LogP contribution in [0.3, 0.4) is 0 Å². The van der Waals surface area contributed by atoms with Gasteiger partial charge >= 0.3 is 5.97 Å². The largest absolute Gasteiger partial charge is 0.494 e. The molecule has 2 aromatic carbocycles. The number of anilines is 2. The smallest absolute Gasteiger partial charge is 0.337 e. The van der Waals surface area contributed by atoms with Gasteiger partial charge in [-0.05, 0) is 68.4 Å². The van der Waals surface area contributed by atoms with Gasteiger partial charge in [0.15, 0.2) is 0 Å². The number of thiazole rings is 1. The first-order valence-corrected chi connectivity index (χ1v) is 13.2. The molecule has 0 unspecified atom stereocenters. The van der Waals surface area contributed by atoms with Crippen molar-refractivity contribution in [3.05, 3.63) is 69.9 Å². The number of rotatable bonds is 8. The predicted octanol–water partition coefficient (Wildman–Crippen LogP) is 6.45. The van der Waals surface area contributed by atoms with Crippen LogP contribution in [0.1, 0.15) is 58.9 Å². The SMILES string of the molecule is CCc1ccc(Nc2c(-c3nc4c(s3)CCCC4)c(CC)nn2-c2ccccc2OC)c(C(=O)O)c1. The summed E-state index contributed by atoms with van der Waals surface area (Å²) in [7, 11) is 1.64. The van der Waals surface area contributed by atoms with Crippen LogP contribution in [0.25, 0.3) is 16.3 Å². The number of ether oxygens (including phenoxy) is 1. The maximum Gasteiger partial charge on any atom is 0.337 e. The molecule has 2 N–H and O–H groups in total. The monoisotopic (exact) mass is 502 g/mol. The van der Waals surface area contributed by atoms with Crippen LogP contribution in [0.15, 0.2) is 42.5 Å². The minimum Gasteiger partial charge on any atom is -0.494 e. The zero-order valence-electron chi connectivity index (χ0n) is 20.8. The van der Waals surface area contributed by atoms with Crippen molar-refractivity contribution in [2.24, 2.45) is 0 Å². The van der Waals surface area contributed by atoms with Crippen molar-refractivity contribution in [1.82, 2.24) is 14.8 Å². The highest BCUT2D eigenvalue weighted by molar-refractivity contribution is 7.15. The number of carboxylic acid groups (broad SMARTS) is 1. The summed E-state index contributed by atoms with van der Waals surface area (Å²) in [5, 5.41) is 19.4. The Morgan fingerprint density at radius 3 is 2.67 bits per heavy atom. The Balaban J connectivity index is 1.74. The lowest BCUT2D eigenvalue weighted by atomic mass is 10.0. The number of nitrogens with one attached hydrogen (secondary N) is 1. The number of aromatic carboxylic acids is 1. The van der Waals surface area contributed by atoms with Crippen molar-refractivity contribution in [1.29, 1.82) is 0 Å². The highest BCUT2D eigenvalue weighted by Crippen LogP contribution is 2.42. The lowest BCUT2D eigenvalue weighted by Gasteiger charge is -2.16. The molecule has 7 nitrogen and oxygen atoms in total. The van der Waals surface area contributed by atoms with E-state index in [-0.39, 0.29) is 5.56 Å². The number of aryl methyl sites for hydroxylation is 4. The van der Waals surface area contributed by atoms with E-state index in [1.54, 1.807) is 24.5 Å². The molecule has 0 aliphatic heterocycles.